The van der Waals surface area contributed by atoms with Crippen LogP contribution in [0.3, 0.4) is 0 Å². The van der Waals surface area contributed by atoms with Crippen LogP contribution in [0.2, 0.25) is 0 Å². The molecule has 0 radical (unpaired) electrons. The summed E-state index contributed by atoms with van der Waals surface area (Å²) in [6, 6.07) is 0. The summed E-state index contributed by atoms with van der Waals surface area (Å²) >= 11 is 0. The summed E-state index contributed by atoms with van der Waals surface area (Å²) in [5.74, 6) is 0.829. The fourth-order valence-corrected chi connectivity index (χ4v) is 5.46. The van der Waals surface area contributed by atoms with Crippen molar-refractivity contribution in [2.75, 3.05) is 13.2 Å². The largest absolute Gasteiger partial charge is 0.454 e. The Bertz CT molecular complexity index is 577. The minimum Gasteiger partial charge on any atom is -0.454 e. The van der Waals surface area contributed by atoms with Crippen LogP contribution >= 0.6 is 0 Å². The summed E-state index contributed by atoms with van der Waals surface area (Å²) in [5.41, 5.74) is 2.93. The van der Waals surface area contributed by atoms with Crippen molar-refractivity contribution in [3.63, 3.8) is 0 Å². The van der Waals surface area contributed by atoms with Gasteiger partial charge < -0.3 is 14.9 Å². The van der Waals surface area contributed by atoms with Gasteiger partial charge >= 0.3 is 5.97 Å². The average molecular weight is 379 g/mol. The van der Waals surface area contributed by atoms with Gasteiger partial charge in [0.1, 0.15) is 6.10 Å². The molecule has 4 atom stereocenters. The molecule has 0 spiro atoms. The van der Waals surface area contributed by atoms with Gasteiger partial charge in [0.2, 0.25) is 0 Å². The van der Waals surface area contributed by atoms with Gasteiger partial charge in [-0.05, 0) is 74.5 Å². The predicted octanol–water partition coefficient (Wildman–Crippen LogP) is 4.41. The van der Waals surface area contributed by atoms with Crippen LogP contribution in [-0.4, -0.2) is 35.5 Å². The number of aliphatic hydroxyl groups is 2. The molecule has 2 N–H and O–H groups in total. The number of carbonyl (C=O) groups excluding carboxylic acids is 1. The average Bonchev–Trinajstić information content (AvgIpc) is 2.63. The molecule has 2 rings (SSSR count). The van der Waals surface area contributed by atoms with E-state index in [0.717, 1.165) is 18.4 Å². The lowest BCUT2D eigenvalue weighted by atomic mass is 9.46. The Morgan fingerprint density at radius 3 is 2.63 bits per heavy atom. The van der Waals surface area contributed by atoms with Crippen molar-refractivity contribution < 1.29 is 19.7 Å². The van der Waals surface area contributed by atoms with Crippen LogP contribution in [0.5, 0.6) is 0 Å². The number of carbonyl (C=O) groups is 1. The lowest BCUT2D eigenvalue weighted by Gasteiger charge is -2.59. The summed E-state index contributed by atoms with van der Waals surface area (Å²) < 4.78 is 5.05. The second-order valence-electron chi connectivity index (χ2n) is 9.33. The maximum atomic E-state index is 12.0. The van der Waals surface area contributed by atoms with E-state index in [1.165, 1.54) is 43.8 Å². The first kappa shape index (κ1) is 22.2. The number of esters is 1. The highest BCUT2D eigenvalue weighted by molar-refractivity contribution is 5.82. The topological polar surface area (TPSA) is 66.8 Å². The molecule has 4 heteroatoms. The minimum absolute atomic E-state index is 0.244. The SMILES string of the molecule is C=C1CCC[C@H]2[C@](C)(CC/C(C)=C/C(=O)OC(CO)CO)[C@@H](C)CC[C@]12C. The Morgan fingerprint density at radius 2 is 2.00 bits per heavy atom. The van der Waals surface area contributed by atoms with Crippen LogP contribution < -0.4 is 0 Å². The summed E-state index contributed by atoms with van der Waals surface area (Å²) in [4.78, 5) is 12.0. The Balaban J connectivity index is 2.06. The maximum Gasteiger partial charge on any atom is 0.331 e. The normalized spacial score (nSPS) is 34.5. The minimum atomic E-state index is -0.841. The number of hydrogen-bond acceptors (Lipinski definition) is 4. The van der Waals surface area contributed by atoms with E-state index in [-0.39, 0.29) is 24.0 Å². The quantitative estimate of drug-likeness (QED) is 0.391. The number of fused-ring (bicyclic) bond motifs is 1. The Kier molecular flexibility index (Phi) is 7.32. The lowest BCUT2D eigenvalue weighted by Crippen LogP contribution is -2.50. The standard InChI is InChI=1S/C23H38O4/c1-16(13-21(26)27-19(14-24)15-25)9-11-22(4)18(3)10-12-23(5)17(2)7-6-8-20(22)23/h13,18-20,24-25H,2,6-12,14-15H2,1,3-5H3/b16-13+/t18-,20-,22+,23+/m0/s1. The third-order valence-electron chi connectivity index (χ3n) is 7.68. The molecule has 2 fully saturated rings. The second kappa shape index (κ2) is 8.91. The van der Waals surface area contributed by atoms with Gasteiger partial charge in [0, 0.05) is 6.08 Å². The molecule has 0 aromatic heterocycles. The van der Waals surface area contributed by atoms with E-state index in [2.05, 4.69) is 27.4 Å². The molecular formula is C23H38O4. The molecule has 0 amide bonds. The summed E-state index contributed by atoms with van der Waals surface area (Å²) in [6.07, 6.45) is 8.75. The number of aliphatic hydroxyl groups excluding tert-OH is 2. The zero-order valence-corrected chi connectivity index (χ0v) is 17.6. The summed E-state index contributed by atoms with van der Waals surface area (Å²) in [6.45, 7) is 12.9. The first-order valence-electron chi connectivity index (χ1n) is 10.4. The molecule has 4 nitrogen and oxygen atoms in total. The Hall–Kier alpha value is -1.13. The lowest BCUT2D eigenvalue weighted by molar-refractivity contribution is -0.147. The molecule has 154 valence electrons. The number of ether oxygens (including phenoxy) is 1. The zero-order valence-electron chi connectivity index (χ0n) is 17.6. The highest BCUT2D eigenvalue weighted by Crippen LogP contribution is 2.62. The highest BCUT2D eigenvalue weighted by atomic mass is 16.6. The van der Waals surface area contributed by atoms with Gasteiger partial charge in [-0.1, -0.05) is 38.5 Å². The van der Waals surface area contributed by atoms with Crippen molar-refractivity contribution in [2.45, 2.75) is 78.7 Å². The summed E-state index contributed by atoms with van der Waals surface area (Å²) in [7, 11) is 0. The third kappa shape index (κ3) is 4.65. The molecule has 0 unspecified atom stereocenters. The number of rotatable bonds is 7. The van der Waals surface area contributed by atoms with Gasteiger partial charge in [-0.3, -0.25) is 0 Å². The molecule has 2 saturated carbocycles. The van der Waals surface area contributed by atoms with Crippen molar-refractivity contribution in [1.29, 1.82) is 0 Å². The number of hydrogen-bond donors (Lipinski definition) is 2. The summed E-state index contributed by atoms with van der Waals surface area (Å²) in [5, 5.41) is 18.1. The molecule has 2 aliphatic carbocycles. The van der Waals surface area contributed by atoms with Crippen LogP contribution in [0.15, 0.2) is 23.8 Å². The molecule has 2 aliphatic rings. The van der Waals surface area contributed by atoms with E-state index < -0.39 is 12.1 Å². The van der Waals surface area contributed by atoms with Crippen LogP contribution in [0.1, 0.15) is 72.6 Å². The molecule has 0 aromatic carbocycles. The number of allylic oxidation sites excluding steroid dienone is 2. The van der Waals surface area contributed by atoms with E-state index in [4.69, 9.17) is 14.9 Å². The van der Waals surface area contributed by atoms with Gasteiger partial charge in [-0.25, -0.2) is 4.79 Å². The zero-order chi connectivity index (χ0) is 20.2. The van der Waals surface area contributed by atoms with E-state index in [1.54, 1.807) is 0 Å². The predicted molar refractivity (Wildman–Crippen MR) is 108 cm³/mol. The van der Waals surface area contributed by atoms with Crippen molar-refractivity contribution in [3.8, 4) is 0 Å². The van der Waals surface area contributed by atoms with E-state index in [1.807, 2.05) is 6.92 Å². The van der Waals surface area contributed by atoms with Gasteiger partial charge in [-0.2, -0.15) is 0 Å². The van der Waals surface area contributed by atoms with Gasteiger partial charge in [-0.15, -0.1) is 0 Å². The van der Waals surface area contributed by atoms with E-state index in [0.29, 0.717) is 11.8 Å². The first-order valence-corrected chi connectivity index (χ1v) is 10.4. The van der Waals surface area contributed by atoms with Crippen molar-refractivity contribution in [1.82, 2.24) is 0 Å². The van der Waals surface area contributed by atoms with Gasteiger partial charge in [0.25, 0.3) is 0 Å². The van der Waals surface area contributed by atoms with Crippen molar-refractivity contribution >= 4 is 5.97 Å². The van der Waals surface area contributed by atoms with Crippen molar-refractivity contribution in [3.05, 3.63) is 23.8 Å². The molecule has 0 aromatic rings. The first-order chi connectivity index (χ1) is 12.7. The van der Waals surface area contributed by atoms with Crippen LogP contribution in [0, 0.1) is 22.7 Å². The van der Waals surface area contributed by atoms with Gasteiger partial charge in [0.15, 0.2) is 0 Å². The molecule has 0 aliphatic heterocycles. The molecule has 0 saturated heterocycles. The second-order valence-corrected chi connectivity index (χ2v) is 9.33. The van der Waals surface area contributed by atoms with E-state index >= 15 is 0 Å². The third-order valence-corrected chi connectivity index (χ3v) is 7.68. The molecule has 27 heavy (non-hydrogen) atoms. The fraction of sp³-hybridized carbons (Fsp3) is 0.783. The molecular weight excluding hydrogens is 340 g/mol. The van der Waals surface area contributed by atoms with Gasteiger partial charge in [0.05, 0.1) is 13.2 Å². The highest BCUT2D eigenvalue weighted by Gasteiger charge is 2.53. The monoisotopic (exact) mass is 378 g/mol. The Morgan fingerprint density at radius 1 is 1.33 bits per heavy atom. The van der Waals surface area contributed by atoms with Crippen LogP contribution in [0.25, 0.3) is 0 Å². The smallest absolute Gasteiger partial charge is 0.331 e. The van der Waals surface area contributed by atoms with Crippen molar-refractivity contribution in [2.24, 2.45) is 22.7 Å². The molecule has 0 heterocycles. The van der Waals surface area contributed by atoms with Crippen LogP contribution in [0.4, 0.5) is 0 Å². The maximum absolute atomic E-state index is 12.0. The van der Waals surface area contributed by atoms with Crippen LogP contribution in [-0.2, 0) is 9.53 Å². The fourth-order valence-electron chi connectivity index (χ4n) is 5.46. The molecule has 0 bridgehead atoms. The Labute approximate surface area is 164 Å². The van der Waals surface area contributed by atoms with E-state index in [9.17, 15) is 4.79 Å².